The molecular formula is C16H21N3O. The fraction of sp³-hybridized carbons (Fsp3) is 0.312. The van der Waals surface area contributed by atoms with Gasteiger partial charge in [-0.05, 0) is 31.4 Å². The molecule has 0 spiro atoms. The Labute approximate surface area is 119 Å². The van der Waals surface area contributed by atoms with Gasteiger partial charge in [0.05, 0.1) is 6.04 Å². The van der Waals surface area contributed by atoms with Crippen LogP contribution in [0.1, 0.15) is 18.9 Å². The van der Waals surface area contributed by atoms with Crippen molar-refractivity contribution in [1.29, 1.82) is 0 Å². The molecule has 20 heavy (non-hydrogen) atoms. The second-order valence-corrected chi connectivity index (χ2v) is 4.82. The van der Waals surface area contributed by atoms with Gasteiger partial charge in [-0.15, -0.1) is 0 Å². The zero-order valence-electron chi connectivity index (χ0n) is 11.7. The monoisotopic (exact) mass is 271 g/mol. The van der Waals surface area contributed by atoms with Crippen LogP contribution in [-0.4, -0.2) is 23.5 Å². The van der Waals surface area contributed by atoms with E-state index in [1.807, 2.05) is 49.5 Å². The van der Waals surface area contributed by atoms with Crippen LogP contribution in [0.2, 0.25) is 0 Å². The Kier molecular flexibility index (Phi) is 4.96. The number of amides is 1. The number of fused-ring (bicyclic) bond motifs is 1. The van der Waals surface area contributed by atoms with Crippen LogP contribution in [0.15, 0.2) is 42.6 Å². The van der Waals surface area contributed by atoms with E-state index in [0.717, 1.165) is 22.9 Å². The zero-order chi connectivity index (χ0) is 14.4. The van der Waals surface area contributed by atoms with Crippen molar-refractivity contribution < 1.29 is 4.79 Å². The smallest absolute Gasteiger partial charge is 0.237 e. The number of carbonyl (C=O) groups excluding carboxylic acids is 1. The summed E-state index contributed by atoms with van der Waals surface area (Å²) in [5.41, 5.74) is 8.12. The molecule has 2 aromatic rings. The maximum atomic E-state index is 11.9. The standard InChI is InChI=1S/C16H21N3O/c1-2-3-6-9-18-16(20)14(17)10-12-11-19-15-8-5-4-7-13(12)15/h2-5,7-8,11,14,19H,6,9-10,17H2,1H3,(H,18,20)/b3-2+/t14-/m0/s1. The van der Waals surface area contributed by atoms with Crippen LogP contribution < -0.4 is 11.1 Å². The third kappa shape index (κ3) is 3.48. The van der Waals surface area contributed by atoms with E-state index in [9.17, 15) is 4.79 Å². The van der Waals surface area contributed by atoms with Gasteiger partial charge < -0.3 is 16.0 Å². The Morgan fingerprint density at radius 1 is 1.45 bits per heavy atom. The van der Waals surface area contributed by atoms with Gasteiger partial charge in [0.25, 0.3) is 0 Å². The summed E-state index contributed by atoms with van der Waals surface area (Å²) < 4.78 is 0. The molecule has 1 amide bonds. The minimum absolute atomic E-state index is 0.0974. The van der Waals surface area contributed by atoms with E-state index < -0.39 is 6.04 Å². The van der Waals surface area contributed by atoms with Crippen molar-refractivity contribution in [3.8, 4) is 0 Å². The first kappa shape index (κ1) is 14.3. The van der Waals surface area contributed by atoms with Gasteiger partial charge in [0.1, 0.15) is 0 Å². The van der Waals surface area contributed by atoms with Gasteiger partial charge in [-0.2, -0.15) is 0 Å². The third-order valence-corrected chi connectivity index (χ3v) is 3.30. The van der Waals surface area contributed by atoms with Gasteiger partial charge in [0.2, 0.25) is 5.91 Å². The molecule has 1 aromatic carbocycles. The Balaban J connectivity index is 1.93. The highest BCUT2D eigenvalue weighted by Gasteiger charge is 2.15. The normalized spacial score (nSPS) is 12.9. The van der Waals surface area contributed by atoms with Gasteiger partial charge in [0, 0.05) is 23.6 Å². The molecule has 1 heterocycles. The summed E-state index contributed by atoms with van der Waals surface area (Å²) in [6.45, 7) is 2.59. The van der Waals surface area contributed by atoms with Crippen molar-refractivity contribution in [3.63, 3.8) is 0 Å². The van der Waals surface area contributed by atoms with Crippen LogP contribution in [0.4, 0.5) is 0 Å². The van der Waals surface area contributed by atoms with E-state index in [0.29, 0.717) is 13.0 Å². The average Bonchev–Trinajstić information content (AvgIpc) is 2.87. The fourth-order valence-electron chi connectivity index (χ4n) is 2.21. The second-order valence-electron chi connectivity index (χ2n) is 4.82. The van der Waals surface area contributed by atoms with Crippen molar-refractivity contribution in [3.05, 3.63) is 48.2 Å². The van der Waals surface area contributed by atoms with Crippen LogP contribution in [0.3, 0.4) is 0 Å². The summed E-state index contributed by atoms with van der Waals surface area (Å²) in [6, 6.07) is 7.51. The lowest BCUT2D eigenvalue weighted by atomic mass is 10.1. The molecule has 4 nitrogen and oxygen atoms in total. The number of aromatic amines is 1. The van der Waals surface area contributed by atoms with Crippen molar-refractivity contribution in [1.82, 2.24) is 10.3 Å². The number of allylic oxidation sites excluding steroid dienone is 1. The zero-order valence-corrected chi connectivity index (χ0v) is 11.7. The number of carbonyl (C=O) groups is 1. The van der Waals surface area contributed by atoms with Crippen molar-refractivity contribution in [2.75, 3.05) is 6.54 Å². The van der Waals surface area contributed by atoms with E-state index in [2.05, 4.69) is 10.3 Å². The quantitative estimate of drug-likeness (QED) is 0.556. The SMILES string of the molecule is C/C=C/CCNC(=O)[C@@H](N)Cc1c[nH]c2ccccc12. The van der Waals surface area contributed by atoms with Crippen LogP contribution in [0, 0.1) is 0 Å². The molecule has 0 bridgehead atoms. The average molecular weight is 271 g/mol. The summed E-state index contributed by atoms with van der Waals surface area (Å²) in [5, 5.41) is 3.98. The molecular weight excluding hydrogens is 250 g/mol. The first-order valence-electron chi connectivity index (χ1n) is 6.92. The highest BCUT2D eigenvalue weighted by molar-refractivity contribution is 5.86. The highest BCUT2D eigenvalue weighted by Crippen LogP contribution is 2.18. The lowest BCUT2D eigenvalue weighted by Crippen LogP contribution is -2.42. The maximum absolute atomic E-state index is 11.9. The molecule has 0 radical (unpaired) electrons. The molecule has 1 atom stereocenters. The lowest BCUT2D eigenvalue weighted by Gasteiger charge is -2.11. The van der Waals surface area contributed by atoms with Crippen molar-refractivity contribution in [2.24, 2.45) is 5.73 Å². The fourth-order valence-corrected chi connectivity index (χ4v) is 2.21. The third-order valence-electron chi connectivity index (χ3n) is 3.30. The summed E-state index contributed by atoms with van der Waals surface area (Å²) in [7, 11) is 0. The summed E-state index contributed by atoms with van der Waals surface area (Å²) >= 11 is 0. The minimum Gasteiger partial charge on any atom is -0.361 e. The van der Waals surface area contributed by atoms with Crippen molar-refractivity contribution >= 4 is 16.8 Å². The van der Waals surface area contributed by atoms with Gasteiger partial charge >= 0.3 is 0 Å². The number of hydrogen-bond acceptors (Lipinski definition) is 2. The van der Waals surface area contributed by atoms with Crippen LogP contribution in [-0.2, 0) is 11.2 Å². The van der Waals surface area contributed by atoms with E-state index in [1.54, 1.807) is 0 Å². The molecule has 0 saturated carbocycles. The molecule has 0 unspecified atom stereocenters. The molecule has 4 heteroatoms. The number of nitrogens with two attached hydrogens (primary N) is 1. The number of H-pyrrole nitrogens is 1. The molecule has 106 valence electrons. The lowest BCUT2D eigenvalue weighted by molar-refractivity contribution is -0.122. The molecule has 1 aromatic heterocycles. The Bertz CT molecular complexity index is 601. The van der Waals surface area contributed by atoms with Gasteiger partial charge in [-0.25, -0.2) is 0 Å². The number of benzene rings is 1. The first-order valence-corrected chi connectivity index (χ1v) is 6.92. The number of nitrogens with one attached hydrogen (secondary N) is 2. The van der Waals surface area contributed by atoms with Gasteiger partial charge in [0.15, 0.2) is 0 Å². The molecule has 4 N–H and O–H groups in total. The van der Waals surface area contributed by atoms with Crippen LogP contribution in [0.5, 0.6) is 0 Å². The molecule has 0 aliphatic heterocycles. The minimum atomic E-state index is -0.514. The Morgan fingerprint density at radius 3 is 3.05 bits per heavy atom. The summed E-state index contributed by atoms with van der Waals surface area (Å²) in [6.07, 6.45) is 7.29. The predicted molar refractivity (Wildman–Crippen MR) is 82.4 cm³/mol. The van der Waals surface area contributed by atoms with Gasteiger partial charge in [-0.1, -0.05) is 30.4 Å². The van der Waals surface area contributed by atoms with E-state index in [1.165, 1.54) is 0 Å². The van der Waals surface area contributed by atoms with E-state index in [-0.39, 0.29) is 5.91 Å². The Hall–Kier alpha value is -2.07. The summed E-state index contributed by atoms with van der Waals surface area (Å²) in [5.74, 6) is -0.0974. The van der Waals surface area contributed by atoms with Crippen LogP contribution >= 0.6 is 0 Å². The largest absolute Gasteiger partial charge is 0.361 e. The highest BCUT2D eigenvalue weighted by atomic mass is 16.2. The first-order chi connectivity index (χ1) is 9.72. The van der Waals surface area contributed by atoms with Crippen LogP contribution in [0.25, 0.3) is 10.9 Å². The molecule has 0 aliphatic rings. The number of para-hydroxylation sites is 1. The van der Waals surface area contributed by atoms with Gasteiger partial charge in [-0.3, -0.25) is 4.79 Å². The second kappa shape index (κ2) is 6.91. The van der Waals surface area contributed by atoms with E-state index >= 15 is 0 Å². The number of rotatable bonds is 6. The molecule has 0 saturated heterocycles. The number of hydrogen-bond donors (Lipinski definition) is 3. The van der Waals surface area contributed by atoms with E-state index in [4.69, 9.17) is 5.73 Å². The summed E-state index contributed by atoms with van der Waals surface area (Å²) in [4.78, 5) is 15.1. The van der Waals surface area contributed by atoms with Crippen molar-refractivity contribution in [2.45, 2.75) is 25.8 Å². The predicted octanol–water partition coefficient (Wildman–Crippen LogP) is 2.12. The Morgan fingerprint density at radius 2 is 2.25 bits per heavy atom. The molecule has 2 rings (SSSR count). The topological polar surface area (TPSA) is 70.9 Å². The maximum Gasteiger partial charge on any atom is 0.237 e. The molecule has 0 aliphatic carbocycles. The molecule has 0 fully saturated rings. The number of aromatic nitrogens is 1.